The number of ether oxygens (including phenoxy) is 2. The minimum atomic E-state index is -0.603. The van der Waals surface area contributed by atoms with Gasteiger partial charge in [-0.3, -0.25) is 4.79 Å². The van der Waals surface area contributed by atoms with Crippen molar-refractivity contribution in [3.8, 4) is 17.0 Å². The van der Waals surface area contributed by atoms with Gasteiger partial charge in [0.05, 0.1) is 35.6 Å². The zero-order valence-electron chi connectivity index (χ0n) is 19.4. The third-order valence-electron chi connectivity index (χ3n) is 5.90. The molecule has 7 heteroatoms. The minimum Gasteiger partial charge on any atom is -0.479 e. The van der Waals surface area contributed by atoms with Gasteiger partial charge in [0.2, 0.25) is 0 Å². The van der Waals surface area contributed by atoms with Crippen LogP contribution in [-0.4, -0.2) is 30.1 Å². The number of hydrogen-bond donors (Lipinski definition) is 0. The second kappa shape index (κ2) is 9.72. The van der Waals surface area contributed by atoms with Crippen LogP contribution in [0.25, 0.3) is 11.3 Å². The molecule has 4 aromatic rings. The number of amides is 1. The van der Waals surface area contributed by atoms with E-state index in [9.17, 15) is 9.59 Å². The van der Waals surface area contributed by atoms with E-state index in [1.807, 2.05) is 47.8 Å². The zero-order valence-corrected chi connectivity index (χ0v) is 20.2. The Hall–Kier alpha value is -3.97. The molecule has 176 valence electrons. The Morgan fingerprint density at radius 1 is 1.06 bits per heavy atom. The average Bonchev–Trinajstić information content (AvgIpc) is 3.35. The quantitative estimate of drug-likeness (QED) is 0.338. The molecule has 1 amide bonds. The van der Waals surface area contributed by atoms with Crippen molar-refractivity contribution < 1.29 is 19.1 Å². The molecule has 5 rings (SSSR count). The molecule has 0 bridgehead atoms. The maximum atomic E-state index is 13.1. The summed E-state index contributed by atoms with van der Waals surface area (Å²) in [5.74, 6) is 0.0944. The summed E-state index contributed by atoms with van der Waals surface area (Å²) in [6.07, 6.45) is 0.173. The van der Waals surface area contributed by atoms with Crippen LogP contribution in [0.2, 0.25) is 0 Å². The molecule has 2 heterocycles. The molecule has 0 saturated carbocycles. The highest BCUT2D eigenvalue weighted by Gasteiger charge is 2.32. The van der Waals surface area contributed by atoms with Crippen LogP contribution in [-0.2, 0) is 22.5 Å². The lowest BCUT2D eigenvalue weighted by molar-refractivity contribution is -0.125. The van der Waals surface area contributed by atoms with Gasteiger partial charge in [0.25, 0.3) is 5.91 Å². The maximum absolute atomic E-state index is 13.1. The van der Waals surface area contributed by atoms with Gasteiger partial charge in [0.1, 0.15) is 5.75 Å². The second-order valence-electron chi connectivity index (χ2n) is 8.35. The first kappa shape index (κ1) is 22.8. The van der Waals surface area contributed by atoms with Crippen molar-refractivity contribution in [2.24, 2.45) is 0 Å². The number of anilines is 1. The SMILES string of the molecule is COC(=O)c1cccc(CN2C(=O)C(C)Oc3ccc(-c4csc(Cc5ccccc5)n4)cc32)c1. The minimum absolute atomic E-state index is 0.138. The lowest BCUT2D eigenvalue weighted by Crippen LogP contribution is -2.44. The molecule has 35 heavy (non-hydrogen) atoms. The van der Waals surface area contributed by atoms with Gasteiger partial charge in [-0.1, -0.05) is 42.5 Å². The number of methoxy groups -OCH3 is 1. The number of fused-ring (bicyclic) bond motifs is 1. The number of aromatic nitrogens is 1. The molecular formula is C28H24N2O4S. The Bertz CT molecular complexity index is 1380. The van der Waals surface area contributed by atoms with Crippen LogP contribution in [0.3, 0.4) is 0 Å². The van der Waals surface area contributed by atoms with Crippen molar-refractivity contribution in [1.82, 2.24) is 4.98 Å². The van der Waals surface area contributed by atoms with Crippen molar-refractivity contribution >= 4 is 28.9 Å². The molecule has 3 aromatic carbocycles. The fraction of sp³-hybridized carbons (Fsp3) is 0.179. The Balaban J connectivity index is 1.45. The van der Waals surface area contributed by atoms with E-state index in [0.29, 0.717) is 23.5 Å². The molecule has 1 unspecified atom stereocenters. The maximum Gasteiger partial charge on any atom is 0.337 e. The third-order valence-corrected chi connectivity index (χ3v) is 6.75. The topological polar surface area (TPSA) is 68.7 Å². The van der Waals surface area contributed by atoms with E-state index in [-0.39, 0.29) is 5.91 Å². The summed E-state index contributed by atoms with van der Waals surface area (Å²) in [5, 5.41) is 3.07. The summed E-state index contributed by atoms with van der Waals surface area (Å²) >= 11 is 1.62. The molecule has 1 aromatic heterocycles. The first-order chi connectivity index (χ1) is 17.0. The van der Waals surface area contributed by atoms with E-state index in [2.05, 4.69) is 12.1 Å². The summed E-state index contributed by atoms with van der Waals surface area (Å²) in [4.78, 5) is 31.6. The Morgan fingerprint density at radius 3 is 2.66 bits per heavy atom. The number of carbonyl (C=O) groups is 2. The molecule has 1 aliphatic rings. The lowest BCUT2D eigenvalue weighted by atomic mass is 10.1. The molecule has 0 aliphatic carbocycles. The van der Waals surface area contributed by atoms with E-state index in [1.165, 1.54) is 12.7 Å². The molecular weight excluding hydrogens is 460 g/mol. The summed E-state index contributed by atoms with van der Waals surface area (Å²) < 4.78 is 10.7. The monoisotopic (exact) mass is 484 g/mol. The molecule has 0 radical (unpaired) electrons. The van der Waals surface area contributed by atoms with Gasteiger partial charge in [-0.25, -0.2) is 9.78 Å². The fourth-order valence-corrected chi connectivity index (χ4v) is 4.96. The summed E-state index contributed by atoms with van der Waals surface area (Å²) in [6.45, 7) is 2.05. The van der Waals surface area contributed by atoms with Gasteiger partial charge in [-0.2, -0.15) is 0 Å². The summed E-state index contributed by atoms with van der Waals surface area (Å²) in [7, 11) is 1.35. The predicted molar refractivity (Wildman–Crippen MR) is 136 cm³/mol. The predicted octanol–water partition coefficient (Wildman–Crippen LogP) is 5.50. The summed E-state index contributed by atoms with van der Waals surface area (Å²) in [5.41, 5.74) is 4.95. The van der Waals surface area contributed by atoms with E-state index in [4.69, 9.17) is 14.5 Å². The Kier molecular flexibility index (Phi) is 6.33. The number of rotatable bonds is 6. The summed E-state index contributed by atoms with van der Waals surface area (Å²) in [6, 6.07) is 23.2. The van der Waals surface area contributed by atoms with Crippen LogP contribution in [0.4, 0.5) is 5.69 Å². The van der Waals surface area contributed by atoms with E-state index >= 15 is 0 Å². The number of benzene rings is 3. The standard InChI is InChI=1S/C28H24N2O4S/c1-18-27(31)30(16-20-9-6-10-22(13-20)28(32)33-2)24-15-21(11-12-25(24)34-18)23-17-35-26(29-23)14-19-7-4-3-5-8-19/h3-13,15,17-18H,14,16H2,1-2H3. The van der Waals surface area contributed by atoms with Crippen molar-refractivity contribution in [2.75, 3.05) is 12.0 Å². The van der Waals surface area contributed by atoms with Crippen LogP contribution < -0.4 is 9.64 Å². The van der Waals surface area contributed by atoms with Crippen molar-refractivity contribution in [3.63, 3.8) is 0 Å². The molecule has 1 atom stereocenters. The number of carbonyl (C=O) groups excluding carboxylic acids is 2. The normalized spacial score (nSPS) is 14.9. The first-order valence-corrected chi connectivity index (χ1v) is 12.2. The molecule has 0 saturated heterocycles. The average molecular weight is 485 g/mol. The number of nitrogens with zero attached hydrogens (tertiary/aromatic N) is 2. The van der Waals surface area contributed by atoms with Crippen molar-refractivity contribution in [2.45, 2.75) is 26.0 Å². The van der Waals surface area contributed by atoms with Gasteiger partial charge in [0.15, 0.2) is 6.10 Å². The Morgan fingerprint density at radius 2 is 1.86 bits per heavy atom. The largest absolute Gasteiger partial charge is 0.479 e. The highest BCUT2D eigenvalue weighted by molar-refractivity contribution is 7.10. The molecule has 0 spiro atoms. The zero-order chi connectivity index (χ0) is 24.4. The van der Waals surface area contributed by atoms with Gasteiger partial charge >= 0.3 is 5.97 Å². The molecule has 1 aliphatic heterocycles. The van der Waals surface area contributed by atoms with Crippen LogP contribution in [0, 0.1) is 0 Å². The van der Waals surface area contributed by atoms with E-state index < -0.39 is 12.1 Å². The molecule has 0 N–H and O–H groups in total. The number of thiazole rings is 1. The highest BCUT2D eigenvalue weighted by Crippen LogP contribution is 2.38. The van der Waals surface area contributed by atoms with Gasteiger partial charge < -0.3 is 14.4 Å². The van der Waals surface area contributed by atoms with E-state index in [0.717, 1.165) is 28.2 Å². The first-order valence-electron chi connectivity index (χ1n) is 11.3. The van der Waals surface area contributed by atoms with Crippen LogP contribution in [0.15, 0.2) is 78.2 Å². The van der Waals surface area contributed by atoms with Crippen LogP contribution in [0.5, 0.6) is 5.75 Å². The second-order valence-corrected chi connectivity index (χ2v) is 9.29. The number of hydrogen-bond acceptors (Lipinski definition) is 6. The van der Waals surface area contributed by atoms with Crippen LogP contribution >= 0.6 is 11.3 Å². The third kappa shape index (κ3) is 4.81. The molecule has 0 fully saturated rings. The van der Waals surface area contributed by atoms with Gasteiger partial charge in [0, 0.05) is 17.4 Å². The van der Waals surface area contributed by atoms with Crippen molar-refractivity contribution in [1.29, 1.82) is 0 Å². The number of esters is 1. The fourth-order valence-electron chi connectivity index (χ4n) is 4.12. The van der Waals surface area contributed by atoms with E-state index in [1.54, 1.807) is 41.4 Å². The van der Waals surface area contributed by atoms with Gasteiger partial charge in [-0.05, 0) is 48.4 Å². The van der Waals surface area contributed by atoms with Gasteiger partial charge in [-0.15, -0.1) is 11.3 Å². The smallest absolute Gasteiger partial charge is 0.337 e. The Labute approximate surface area is 207 Å². The van der Waals surface area contributed by atoms with Crippen LogP contribution in [0.1, 0.15) is 33.4 Å². The highest BCUT2D eigenvalue weighted by atomic mass is 32.1. The molecule has 6 nitrogen and oxygen atoms in total. The van der Waals surface area contributed by atoms with Crippen molar-refractivity contribution in [3.05, 3.63) is 99.9 Å². The lowest BCUT2D eigenvalue weighted by Gasteiger charge is -2.33.